The number of carbonyl (C=O) groups is 2. The van der Waals surface area contributed by atoms with Crippen LogP contribution in [0.2, 0.25) is 10.0 Å². The van der Waals surface area contributed by atoms with Gasteiger partial charge in [0.1, 0.15) is 0 Å². The molecule has 0 saturated heterocycles. The quantitative estimate of drug-likeness (QED) is 0.289. The highest BCUT2D eigenvalue weighted by atomic mass is 35.5. The molecule has 2 aromatic carbocycles. The van der Waals surface area contributed by atoms with Crippen LogP contribution in [0.5, 0.6) is 0 Å². The van der Waals surface area contributed by atoms with Crippen molar-refractivity contribution in [3.05, 3.63) is 117 Å². The van der Waals surface area contributed by atoms with Crippen LogP contribution in [0.3, 0.4) is 0 Å². The first-order valence-corrected chi connectivity index (χ1v) is 17.5. The largest absolute Gasteiger partial charge is 0.289 e. The summed E-state index contributed by atoms with van der Waals surface area (Å²) in [5.41, 5.74) is 5.83. The molecule has 0 fully saturated rings. The number of Topliss-reactive ketones (excluding diaryl/α,β-unsaturated/α-hetero) is 2. The van der Waals surface area contributed by atoms with Crippen LogP contribution in [0.15, 0.2) is 127 Å². The van der Waals surface area contributed by atoms with Gasteiger partial charge in [0, 0.05) is 43.5 Å². The van der Waals surface area contributed by atoms with E-state index in [0.717, 1.165) is 33.4 Å². The highest BCUT2D eigenvalue weighted by Crippen LogP contribution is 2.41. The van der Waals surface area contributed by atoms with Crippen molar-refractivity contribution in [2.24, 2.45) is 42.1 Å². The number of nitrogens with zero attached hydrogens (tertiary/aromatic N) is 4. The third-order valence-electron chi connectivity index (χ3n) is 8.40. The van der Waals surface area contributed by atoms with Gasteiger partial charge in [-0.25, -0.2) is 0 Å². The lowest BCUT2D eigenvalue weighted by molar-refractivity contribution is -0.114. The van der Waals surface area contributed by atoms with Gasteiger partial charge in [0.15, 0.2) is 11.6 Å². The van der Waals surface area contributed by atoms with Crippen LogP contribution >= 0.6 is 23.2 Å². The summed E-state index contributed by atoms with van der Waals surface area (Å²) in [5, 5.41) is 18.6. The molecule has 6 nitrogen and oxygen atoms in total. The molecule has 4 rings (SSSR count). The predicted octanol–water partition coefficient (Wildman–Crippen LogP) is 13.7. The number of azo groups is 2. The van der Waals surface area contributed by atoms with Crippen molar-refractivity contribution in [1.82, 2.24) is 0 Å². The first kappa shape index (κ1) is 38.8. The Kier molecular flexibility index (Phi) is 11.1. The van der Waals surface area contributed by atoms with Crippen LogP contribution in [-0.2, 0) is 9.59 Å². The molecule has 262 valence electrons. The fourth-order valence-electron chi connectivity index (χ4n) is 5.57. The summed E-state index contributed by atoms with van der Waals surface area (Å²) in [4.78, 5) is 26.5. The third-order valence-corrected chi connectivity index (χ3v) is 9.06. The second-order valence-electron chi connectivity index (χ2n) is 16.9. The zero-order valence-electron chi connectivity index (χ0n) is 31.3. The first-order chi connectivity index (χ1) is 23.0. The summed E-state index contributed by atoms with van der Waals surface area (Å²) < 4.78 is 0. The summed E-state index contributed by atoms with van der Waals surface area (Å²) in [6.07, 6.45) is 10.9. The normalized spacial score (nSPS) is 16.5. The molecule has 0 radical (unpaired) electrons. The van der Waals surface area contributed by atoms with Crippen LogP contribution in [-0.4, -0.2) is 11.6 Å². The van der Waals surface area contributed by atoms with Crippen LogP contribution in [0.4, 0.5) is 11.4 Å². The van der Waals surface area contributed by atoms with Gasteiger partial charge in [0.25, 0.3) is 0 Å². The summed E-state index contributed by atoms with van der Waals surface area (Å²) in [6.45, 7) is 24.4. The molecule has 0 N–H and O–H groups in total. The van der Waals surface area contributed by atoms with E-state index in [4.69, 9.17) is 23.2 Å². The smallest absolute Gasteiger partial charge is 0.186 e. The Morgan fingerprint density at radius 2 is 0.760 bits per heavy atom. The van der Waals surface area contributed by atoms with E-state index in [-0.39, 0.29) is 33.2 Å². The second kappa shape index (κ2) is 14.3. The van der Waals surface area contributed by atoms with Crippen molar-refractivity contribution < 1.29 is 9.59 Å². The van der Waals surface area contributed by atoms with Crippen LogP contribution in [0, 0.1) is 21.7 Å². The number of hydrogen-bond acceptors (Lipinski definition) is 6. The van der Waals surface area contributed by atoms with E-state index < -0.39 is 0 Å². The molecule has 0 aromatic heterocycles. The second-order valence-corrected chi connectivity index (χ2v) is 17.7. The molecule has 2 aliphatic rings. The van der Waals surface area contributed by atoms with E-state index in [1.54, 1.807) is 36.7 Å². The van der Waals surface area contributed by atoms with E-state index in [0.29, 0.717) is 32.5 Å². The van der Waals surface area contributed by atoms with Crippen molar-refractivity contribution >= 4 is 46.1 Å². The van der Waals surface area contributed by atoms with Gasteiger partial charge in [-0.05, 0) is 93.5 Å². The molecule has 0 aliphatic heterocycles. The molecule has 0 spiro atoms. The maximum absolute atomic E-state index is 13.3. The molecular weight excluding hydrogens is 663 g/mol. The number of ketones is 2. The highest BCUT2D eigenvalue weighted by molar-refractivity contribution is 6.36. The minimum Gasteiger partial charge on any atom is -0.289 e. The molecule has 0 unspecified atom stereocenters. The average Bonchev–Trinajstić information content (AvgIpc) is 2.98. The predicted molar refractivity (Wildman–Crippen MR) is 207 cm³/mol. The number of benzene rings is 2. The first-order valence-electron chi connectivity index (χ1n) is 16.8. The Morgan fingerprint density at radius 3 is 1.02 bits per heavy atom. The third kappa shape index (κ3) is 9.21. The van der Waals surface area contributed by atoms with Gasteiger partial charge in [-0.2, -0.15) is 20.5 Å². The van der Waals surface area contributed by atoms with Crippen molar-refractivity contribution in [3.8, 4) is 11.1 Å². The van der Waals surface area contributed by atoms with Gasteiger partial charge in [-0.15, -0.1) is 0 Å². The Balaban J connectivity index is 1.65. The van der Waals surface area contributed by atoms with Crippen LogP contribution in [0.1, 0.15) is 83.1 Å². The Morgan fingerprint density at radius 1 is 0.480 bits per heavy atom. The maximum Gasteiger partial charge on any atom is 0.186 e. The number of carbonyl (C=O) groups excluding carboxylic acids is 2. The van der Waals surface area contributed by atoms with E-state index >= 15 is 0 Å². The van der Waals surface area contributed by atoms with Gasteiger partial charge in [-0.3, -0.25) is 9.59 Å². The molecule has 0 heterocycles. The molecule has 50 heavy (non-hydrogen) atoms. The fourth-order valence-corrected chi connectivity index (χ4v) is 6.01. The van der Waals surface area contributed by atoms with Crippen molar-refractivity contribution in [2.45, 2.75) is 83.1 Å². The molecule has 0 atom stereocenters. The number of halogens is 2. The van der Waals surface area contributed by atoms with E-state index in [2.05, 4.69) is 20.5 Å². The van der Waals surface area contributed by atoms with Gasteiger partial charge in [0.05, 0.1) is 23.8 Å². The zero-order valence-corrected chi connectivity index (χ0v) is 32.8. The van der Waals surface area contributed by atoms with Gasteiger partial charge >= 0.3 is 0 Å². The summed E-state index contributed by atoms with van der Waals surface area (Å²) in [6, 6.07) is 10.7. The highest BCUT2D eigenvalue weighted by Gasteiger charge is 2.35. The van der Waals surface area contributed by atoms with Crippen LogP contribution < -0.4 is 0 Å². The molecule has 0 amide bonds. The molecule has 0 saturated carbocycles. The molecule has 8 heteroatoms. The molecular formula is C42H48Cl2N4O2. The summed E-state index contributed by atoms with van der Waals surface area (Å²) >= 11 is 13.3. The lowest BCUT2D eigenvalue weighted by atomic mass is 9.72. The number of rotatable bonds is 5. The Hall–Kier alpha value is -4.00. The maximum atomic E-state index is 13.3. The topological polar surface area (TPSA) is 83.6 Å². The van der Waals surface area contributed by atoms with Gasteiger partial charge in [-0.1, -0.05) is 106 Å². The van der Waals surface area contributed by atoms with E-state index in [1.165, 1.54) is 0 Å². The van der Waals surface area contributed by atoms with Crippen LogP contribution in [0.25, 0.3) is 11.1 Å². The molecule has 2 aromatic rings. The molecule has 2 aliphatic carbocycles. The van der Waals surface area contributed by atoms with Crippen molar-refractivity contribution in [2.75, 3.05) is 0 Å². The number of allylic oxidation sites excluding steroid dienone is 10. The summed E-state index contributed by atoms with van der Waals surface area (Å²) in [7, 11) is 0. The Labute approximate surface area is 307 Å². The van der Waals surface area contributed by atoms with Crippen molar-refractivity contribution in [1.29, 1.82) is 0 Å². The van der Waals surface area contributed by atoms with Gasteiger partial charge in [0.2, 0.25) is 0 Å². The molecule has 0 bridgehead atoms. The fraction of sp³-hybridized carbons (Fsp3) is 0.381. The monoisotopic (exact) mass is 710 g/mol. The summed E-state index contributed by atoms with van der Waals surface area (Å²) in [5.74, 6) is 0.139. The van der Waals surface area contributed by atoms with Crippen molar-refractivity contribution in [3.63, 3.8) is 0 Å². The van der Waals surface area contributed by atoms with E-state index in [9.17, 15) is 9.59 Å². The Bertz CT molecular complexity index is 1760. The number of hydrogen-bond donors (Lipinski definition) is 0. The average molecular weight is 712 g/mol. The lowest BCUT2D eigenvalue weighted by Gasteiger charge is -2.31. The zero-order chi connectivity index (χ0) is 37.4. The lowest BCUT2D eigenvalue weighted by Crippen LogP contribution is -2.27. The minimum absolute atomic E-state index is 0.0696. The standard InChI is InChI=1S/C42H48Cl2N4O2/c1-39(2,3)31-17-25(18-32(37(31)49)40(4,5)6)23-45-47-27-13-15-35(43)29(21-27)30-22-28(14-16-36(30)44)48-46-24-26-19-33(41(7,8)9)38(50)34(20-26)42(10,11)12/h13-24H,1-12H3/b47-45+,48-46+. The van der Waals surface area contributed by atoms with Gasteiger partial charge < -0.3 is 0 Å². The minimum atomic E-state index is -0.316. The SMILES string of the molecule is CC(C)(C)C1=CC(=C/N=N/c2ccc(Cl)c(-c3cc(/N=N/C=C4C=C(C(C)(C)C)C(=O)C(C(C)(C)C)=C4)ccc3Cl)c2)C=C(C(C)(C)C)C1=O. The van der Waals surface area contributed by atoms with E-state index in [1.807, 2.05) is 120 Å².